The summed E-state index contributed by atoms with van der Waals surface area (Å²) in [6, 6.07) is 13.8. The second-order valence-electron chi connectivity index (χ2n) is 7.31. The number of anilines is 1. The van der Waals surface area contributed by atoms with Crippen molar-refractivity contribution in [1.29, 1.82) is 0 Å². The molecule has 0 atom stereocenters. The molecule has 31 heavy (non-hydrogen) atoms. The Kier molecular flexibility index (Phi) is 4.48. The van der Waals surface area contributed by atoms with E-state index >= 15 is 0 Å². The number of nitrogens with zero attached hydrogens (tertiary/aromatic N) is 2. The van der Waals surface area contributed by atoms with Gasteiger partial charge in [0.2, 0.25) is 6.79 Å². The van der Waals surface area contributed by atoms with Gasteiger partial charge in [0, 0.05) is 28.2 Å². The molecule has 3 amide bonds. The number of aromatic nitrogens is 1. The molecule has 0 aliphatic carbocycles. The van der Waals surface area contributed by atoms with Crippen LogP contribution >= 0.6 is 11.6 Å². The summed E-state index contributed by atoms with van der Waals surface area (Å²) in [5, 5.41) is 3.11. The highest BCUT2D eigenvalue weighted by Gasteiger charge is 2.35. The molecule has 156 valence electrons. The number of hydrogen-bond donors (Lipinski definition) is 1. The molecule has 0 saturated carbocycles. The molecule has 1 saturated heterocycles. The lowest BCUT2D eigenvalue weighted by Gasteiger charge is -2.11. The number of hydrogen-bond acceptors (Lipinski definition) is 4. The van der Waals surface area contributed by atoms with Crippen molar-refractivity contribution in [3.8, 4) is 17.2 Å². The van der Waals surface area contributed by atoms with Crippen molar-refractivity contribution < 1.29 is 19.1 Å². The van der Waals surface area contributed by atoms with Gasteiger partial charge in [0.15, 0.2) is 11.5 Å². The first-order chi connectivity index (χ1) is 14.9. The highest BCUT2D eigenvalue weighted by Crippen LogP contribution is 2.35. The Balaban J connectivity index is 1.50. The van der Waals surface area contributed by atoms with Crippen LogP contribution in [0.3, 0.4) is 0 Å². The Bertz CT molecular complexity index is 1280. The minimum atomic E-state index is -0.511. The maximum absolute atomic E-state index is 12.9. The number of nitrogens with one attached hydrogen (secondary N) is 1. The SMILES string of the molecule is Cc1cc(C=C2NC(=O)N(c3cccc(Cl)c3)C2=O)c(C)n1-c1ccc2c(c1)OCO2. The van der Waals surface area contributed by atoms with E-state index in [-0.39, 0.29) is 12.5 Å². The van der Waals surface area contributed by atoms with Gasteiger partial charge in [0.1, 0.15) is 5.70 Å². The number of benzene rings is 2. The van der Waals surface area contributed by atoms with Crippen LogP contribution < -0.4 is 19.7 Å². The number of ether oxygens (including phenoxy) is 2. The lowest BCUT2D eigenvalue weighted by Crippen LogP contribution is -2.30. The van der Waals surface area contributed by atoms with Crippen LogP contribution in [-0.4, -0.2) is 23.3 Å². The van der Waals surface area contributed by atoms with Crippen LogP contribution in [0.1, 0.15) is 17.0 Å². The Morgan fingerprint density at radius 2 is 1.81 bits per heavy atom. The third-order valence-electron chi connectivity index (χ3n) is 5.33. The summed E-state index contributed by atoms with van der Waals surface area (Å²) in [4.78, 5) is 26.5. The molecule has 5 rings (SSSR count). The van der Waals surface area contributed by atoms with E-state index in [1.165, 1.54) is 0 Å². The first kappa shape index (κ1) is 19.3. The van der Waals surface area contributed by atoms with Crippen LogP contribution in [0.2, 0.25) is 5.02 Å². The first-order valence-electron chi connectivity index (χ1n) is 9.64. The van der Waals surface area contributed by atoms with E-state index in [9.17, 15) is 9.59 Å². The number of halogens is 1. The van der Waals surface area contributed by atoms with Gasteiger partial charge in [-0.25, -0.2) is 9.69 Å². The van der Waals surface area contributed by atoms with E-state index in [0.717, 1.165) is 27.5 Å². The van der Waals surface area contributed by atoms with E-state index in [4.69, 9.17) is 21.1 Å². The monoisotopic (exact) mass is 435 g/mol. The molecule has 3 heterocycles. The highest BCUT2D eigenvalue weighted by molar-refractivity contribution is 6.32. The van der Waals surface area contributed by atoms with E-state index < -0.39 is 11.9 Å². The van der Waals surface area contributed by atoms with Gasteiger partial charge in [-0.3, -0.25) is 4.79 Å². The zero-order valence-corrected chi connectivity index (χ0v) is 17.6. The fourth-order valence-corrected chi connectivity index (χ4v) is 4.08. The zero-order chi connectivity index (χ0) is 21.7. The van der Waals surface area contributed by atoms with Crippen molar-refractivity contribution in [3.05, 3.63) is 76.2 Å². The molecule has 2 aromatic carbocycles. The normalized spacial score (nSPS) is 16.4. The minimum Gasteiger partial charge on any atom is -0.454 e. The molecule has 1 fully saturated rings. The van der Waals surface area contributed by atoms with Crippen molar-refractivity contribution in [2.75, 3.05) is 11.7 Å². The molecule has 0 spiro atoms. The summed E-state index contributed by atoms with van der Waals surface area (Å²) in [5.41, 5.74) is 4.27. The van der Waals surface area contributed by atoms with Crippen LogP contribution in [0.4, 0.5) is 10.5 Å². The van der Waals surface area contributed by atoms with Gasteiger partial charge >= 0.3 is 6.03 Å². The summed E-state index contributed by atoms with van der Waals surface area (Å²) in [7, 11) is 0. The lowest BCUT2D eigenvalue weighted by atomic mass is 10.2. The topological polar surface area (TPSA) is 72.8 Å². The highest BCUT2D eigenvalue weighted by atomic mass is 35.5. The Morgan fingerprint density at radius 3 is 2.61 bits per heavy atom. The number of rotatable bonds is 3. The average molecular weight is 436 g/mol. The molecule has 7 nitrogen and oxygen atoms in total. The molecular weight excluding hydrogens is 418 g/mol. The molecule has 3 aromatic rings. The van der Waals surface area contributed by atoms with Crippen molar-refractivity contribution in [2.24, 2.45) is 0 Å². The number of carbonyl (C=O) groups is 2. The summed E-state index contributed by atoms with van der Waals surface area (Å²) in [6.45, 7) is 4.15. The Hall–Kier alpha value is -3.71. The van der Waals surface area contributed by atoms with E-state index in [1.807, 2.05) is 38.1 Å². The quantitative estimate of drug-likeness (QED) is 0.483. The summed E-state index contributed by atoms with van der Waals surface area (Å²) >= 11 is 6.02. The van der Waals surface area contributed by atoms with E-state index in [1.54, 1.807) is 30.3 Å². The minimum absolute atomic E-state index is 0.205. The van der Waals surface area contributed by atoms with Gasteiger partial charge < -0.3 is 19.4 Å². The zero-order valence-electron chi connectivity index (χ0n) is 16.8. The maximum Gasteiger partial charge on any atom is 0.333 e. The Labute approximate surface area is 183 Å². The number of fused-ring (bicyclic) bond motifs is 1. The summed E-state index contributed by atoms with van der Waals surface area (Å²) in [5.74, 6) is 0.981. The second-order valence-corrected chi connectivity index (χ2v) is 7.74. The number of amides is 3. The van der Waals surface area contributed by atoms with Crippen molar-refractivity contribution in [2.45, 2.75) is 13.8 Å². The van der Waals surface area contributed by atoms with E-state index in [2.05, 4.69) is 9.88 Å². The van der Waals surface area contributed by atoms with Gasteiger partial charge in [0.05, 0.1) is 5.69 Å². The fourth-order valence-electron chi connectivity index (χ4n) is 3.90. The smallest absolute Gasteiger partial charge is 0.333 e. The lowest BCUT2D eigenvalue weighted by molar-refractivity contribution is -0.113. The van der Waals surface area contributed by atoms with Crippen LogP contribution in [0, 0.1) is 13.8 Å². The second kappa shape index (κ2) is 7.21. The average Bonchev–Trinajstić information content (AvgIpc) is 3.38. The molecule has 1 aromatic heterocycles. The van der Waals surface area contributed by atoms with Crippen LogP contribution in [0.15, 0.2) is 54.2 Å². The first-order valence-corrected chi connectivity index (χ1v) is 10.0. The van der Waals surface area contributed by atoms with E-state index in [0.29, 0.717) is 22.2 Å². The number of urea groups is 1. The molecular formula is C23H18ClN3O4. The molecule has 0 radical (unpaired) electrons. The van der Waals surface area contributed by atoms with Gasteiger partial charge in [-0.1, -0.05) is 17.7 Å². The number of aryl methyl sites for hydroxylation is 1. The van der Waals surface area contributed by atoms with Crippen LogP contribution in [0.25, 0.3) is 11.8 Å². The van der Waals surface area contributed by atoms with Crippen molar-refractivity contribution in [3.63, 3.8) is 0 Å². The molecule has 1 N–H and O–H groups in total. The third-order valence-corrected chi connectivity index (χ3v) is 5.56. The predicted octanol–water partition coefficient (Wildman–Crippen LogP) is 4.57. The maximum atomic E-state index is 12.9. The molecule has 2 aliphatic rings. The summed E-state index contributed by atoms with van der Waals surface area (Å²) in [6.07, 6.45) is 1.69. The third kappa shape index (κ3) is 3.23. The predicted molar refractivity (Wildman–Crippen MR) is 117 cm³/mol. The standard InChI is InChI=1S/C23H18ClN3O4/c1-13-8-15(14(2)26(13)18-6-7-20-21(11-18)31-12-30-20)9-19-22(28)27(23(29)25-19)17-5-3-4-16(24)10-17/h3-11H,12H2,1-2H3,(H,25,29). The molecule has 8 heteroatoms. The molecule has 0 bridgehead atoms. The van der Waals surface area contributed by atoms with Gasteiger partial charge in [-0.2, -0.15) is 0 Å². The van der Waals surface area contributed by atoms with Crippen LogP contribution in [0.5, 0.6) is 11.5 Å². The van der Waals surface area contributed by atoms with Crippen molar-refractivity contribution >= 4 is 35.3 Å². The Morgan fingerprint density at radius 1 is 1.00 bits per heavy atom. The number of carbonyl (C=O) groups excluding carboxylic acids is 2. The van der Waals surface area contributed by atoms with Crippen LogP contribution in [-0.2, 0) is 4.79 Å². The fraction of sp³-hybridized carbons (Fsp3) is 0.130. The molecule has 2 aliphatic heterocycles. The molecule has 0 unspecified atom stereocenters. The largest absolute Gasteiger partial charge is 0.454 e. The summed E-state index contributed by atoms with van der Waals surface area (Å²) < 4.78 is 12.9. The number of imide groups is 1. The van der Waals surface area contributed by atoms with Gasteiger partial charge in [-0.05, 0) is 61.9 Å². The van der Waals surface area contributed by atoms with Crippen molar-refractivity contribution in [1.82, 2.24) is 9.88 Å². The van der Waals surface area contributed by atoms with Gasteiger partial charge in [0.25, 0.3) is 5.91 Å². The van der Waals surface area contributed by atoms with Gasteiger partial charge in [-0.15, -0.1) is 0 Å².